The minimum Gasteiger partial charge on any atom is -0.376 e. The first-order valence-corrected chi connectivity index (χ1v) is 8.41. The van der Waals surface area contributed by atoms with Crippen LogP contribution in [0.4, 0.5) is 4.39 Å². The molecular formula is C19H19ClFNO2. The number of hydrogen-bond donors (Lipinski definition) is 0. The second kappa shape index (κ2) is 7.77. The van der Waals surface area contributed by atoms with Crippen LogP contribution >= 0.6 is 11.6 Å². The van der Waals surface area contributed by atoms with Gasteiger partial charge in [0.05, 0.1) is 6.10 Å². The Morgan fingerprint density at radius 2 is 2.08 bits per heavy atom. The van der Waals surface area contributed by atoms with Crippen molar-refractivity contribution >= 4 is 17.5 Å². The van der Waals surface area contributed by atoms with Crippen molar-refractivity contribution in [3.8, 4) is 0 Å². The van der Waals surface area contributed by atoms with Crippen LogP contribution in [0.15, 0.2) is 48.5 Å². The van der Waals surface area contributed by atoms with Crippen LogP contribution in [-0.4, -0.2) is 30.1 Å². The maximum absolute atomic E-state index is 14.0. The SMILES string of the molecule is O=C(c1cccc(Cl)c1)N(Cc1ccccc1F)CC1CCCO1. The summed E-state index contributed by atoms with van der Waals surface area (Å²) in [5.74, 6) is -0.481. The molecule has 1 aliphatic heterocycles. The molecule has 3 rings (SSSR count). The fourth-order valence-corrected chi connectivity index (χ4v) is 3.08. The molecule has 1 amide bonds. The minimum atomic E-state index is -0.311. The maximum Gasteiger partial charge on any atom is 0.254 e. The number of benzene rings is 2. The first-order chi connectivity index (χ1) is 11.6. The molecule has 0 radical (unpaired) electrons. The van der Waals surface area contributed by atoms with Crippen LogP contribution in [-0.2, 0) is 11.3 Å². The van der Waals surface area contributed by atoms with Crippen LogP contribution in [0.5, 0.6) is 0 Å². The zero-order valence-electron chi connectivity index (χ0n) is 13.3. The van der Waals surface area contributed by atoms with Crippen LogP contribution in [0, 0.1) is 5.82 Å². The lowest BCUT2D eigenvalue weighted by Crippen LogP contribution is -2.37. The highest BCUT2D eigenvalue weighted by Crippen LogP contribution is 2.19. The van der Waals surface area contributed by atoms with Crippen molar-refractivity contribution in [3.63, 3.8) is 0 Å². The van der Waals surface area contributed by atoms with Crippen LogP contribution in [0.2, 0.25) is 5.02 Å². The molecule has 0 saturated carbocycles. The van der Waals surface area contributed by atoms with Crippen LogP contribution in [0.3, 0.4) is 0 Å². The summed E-state index contributed by atoms with van der Waals surface area (Å²) < 4.78 is 19.7. The van der Waals surface area contributed by atoms with E-state index in [-0.39, 0.29) is 24.4 Å². The number of ether oxygens (including phenoxy) is 1. The normalized spacial score (nSPS) is 17.0. The highest BCUT2D eigenvalue weighted by Gasteiger charge is 2.24. The van der Waals surface area contributed by atoms with E-state index in [1.165, 1.54) is 6.07 Å². The van der Waals surface area contributed by atoms with Crippen LogP contribution in [0.25, 0.3) is 0 Å². The van der Waals surface area contributed by atoms with E-state index in [4.69, 9.17) is 16.3 Å². The molecule has 1 heterocycles. The molecular weight excluding hydrogens is 329 g/mol. The molecule has 0 aromatic heterocycles. The predicted octanol–water partition coefficient (Wildman–Crippen LogP) is 4.30. The molecule has 2 aromatic carbocycles. The number of amides is 1. The molecule has 0 bridgehead atoms. The number of halogens is 2. The summed E-state index contributed by atoms with van der Waals surface area (Å²) >= 11 is 5.99. The zero-order chi connectivity index (χ0) is 16.9. The van der Waals surface area contributed by atoms with Crippen molar-refractivity contribution in [1.82, 2.24) is 4.90 Å². The molecule has 5 heteroatoms. The Labute approximate surface area is 146 Å². The molecule has 1 atom stereocenters. The highest BCUT2D eigenvalue weighted by atomic mass is 35.5. The van der Waals surface area contributed by atoms with Gasteiger partial charge in [0, 0.05) is 35.8 Å². The Kier molecular flexibility index (Phi) is 5.48. The lowest BCUT2D eigenvalue weighted by Gasteiger charge is -2.26. The van der Waals surface area contributed by atoms with E-state index >= 15 is 0 Å². The van der Waals surface area contributed by atoms with Gasteiger partial charge in [0.2, 0.25) is 0 Å². The van der Waals surface area contributed by atoms with Gasteiger partial charge in [-0.2, -0.15) is 0 Å². The van der Waals surface area contributed by atoms with Gasteiger partial charge in [-0.15, -0.1) is 0 Å². The molecule has 1 unspecified atom stereocenters. The number of carbonyl (C=O) groups excluding carboxylic acids is 1. The van der Waals surface area contributed by atoms with E-state index in [9.17, 15) is 9.18 Å². The fraction of sp³-hybridized carbons (Fsp3) is 0.316. The zero-order valence-corrected chi connectivity index (χ0v) is 14.0. The van der Waals surface area contributed by atoms with Crippen molar-refractivity contribution < 1.29 is 13.9 Å². The van der Waals surface area contributed by atoms with Gasteiger partial charge in [-0.05, 0) is 37.1 Å². The van der Waals surface area contributed by atoms with Gasteiger partial charge in [-0.3, -0.25) is 4.79 Å². The lowest BCUT2D eigenvalue weighted by molar-refractivity contribution is 0.0505. The van der Waals surface area contributed by atoms with Crippen molar-refractivity contribution in [2.75, 3.05) is 13.2 Å². The highest BCUT2D eigenvalue weighted by molar-refractivity contribution is 6.30. The van der Waals surface area contributed by atoms with E-state index in [2.05, 4.69) is 0 Å². The molecule has 0 aliphatic carbocycles. The lowest BCUT2D eigenvalue weighted by atomic mass is 10.1. The molecule has 0 spiro atoms. The third kappa shape index (κ3) is 4.13. The van der Waals surface area contributed by atoms with Gasteiger partial charge >= 0.3 is 0 Å². The summed E-state index contributed by atoms with van der Waals surface area (Å²) in [5.41, 5.74) is 0.989. The average Bonchev–Trinajstić information content (AvgIpc) is 3.08. The molecule has 1 aliphatic rings. The largest absolute Gasteiger partial charge is 0.376 e. The summed E-state index contributed by atoms with van der Waals surface area (Å²) in [6.07, 6.45) is 1.90. The van der Waals surface area contributed by atoms with Crippen molar-refractivity contribution in [3.05, 3.63) is 70.5 Å². The second-order valence-corrected chi connectivity index (χ2v) is 6.36. The van der Waals surface area contributed by atoms with Crippen molar-refractivity contribution in [2.45, 2.75) is 25.5 Å². The van der Waals surface area contributed by atoms with E-state index in [1.54, 1.807) is 47.4 Å². The van der Waals surface area contributed by atoms with E-state index in [0.29, 0.717) is 29.3 Å². The number of hydrogen-bond acceptors (Lipinski definition) is 2. The Balaban J connectivity index is 1.83. The quantitative estimate of drug-likeness (QED) is 0.807. The summed E-state index contributed by atoms with van der Waals surface area (Å²) in [7, 11) is 0. The fourth-order valence-electron chi connectivity index (χ4n) is 2.89. The molecule has 3 nitrogen and oxygen atoms in total. The number of rotatable bonds is 5. The van der Waals surface area contributed by atoms with Crippen LogP contribution in [0.1, 0.15) is 28.8 Å². The first-order valence-electron chi connectivity index (χ1n) is 8.03. The average molecular weight is 348 g/mol. The van der Waals surface area contributed by atoms with Gasteiger partial charge in [0.25, 0.3) is 5.91 Å². The van der Waals surface area contributed by atoms with Gasteiger partial charge in [-0.25, -0.2) is 4.39 Å². The molecule has 24 heavy (non-hydrogen) atoms. The van der Waals surface area contributed by atoms with Gasteiger partial charge < -0.3 is 9.64 Å². The Morgan fingerprint density at radius 3 is 2.79 bits per heavy atom. The standard InChI is InChI=1S/C19H19ClFNO2/c20-16-7-3-6-14(11-16)19(23)22(13-17-8-4-10-24-17)12-15-5-1-2-9-18(15)21/h1-3,5-7,9,11,17H,4,8,10,12-13H2. The third-order valence-corrected chi connectivity index (χ3v) is 4.36. The molecule has 1 saturated heterocycles. The molecule has 2 aromatic rings. The number of nitrogens with zero attached hydrogens (tertiary/aromatic N) is 1. The summed E-state index contributed by atoms with van der Waals surface area (Å²) in [5, 5.41) is 0.504. The van der Waals surface area contributed by atoms with E-state index in [1.807, 2.05) is 0 Å². The number of carbonyl (C=O) groups is 1. The molecule has 1 fully saturated rings. The van der Waals surface area contributed by atoms with Gasteiger partial charge in [0.15, 0.2) is 0 Å². The van der Waals surface area contributed by atoms with Crippen molar-refractivity contribution in [2.24, 2.45) is 0 Å². The topological polar surface area (TPSA) is 29.5 Å². The second-order valence-electron chi connectivity index (χ2n) is 5.92. The summed E-state index contributed by atoms with van der Waals surface area (Å²) in [6, 6.07) is 13.3. The predicted molar refractivity (Wildman–Crippen MR) is 91.6 cm³/mol. The summed E-state index contributed by atoms with van der Waals surface area (Å²) in [4.78, 5) is 14.5. The van der Waals surface area contributed by atoms with Crippen LogP contribution < -0.4 is 0 Å². The Hall–Kier alpha value is -1.91. The molecule has 0 N–H and O–H groups in total. The van der Waals surface area contributed by atoms with E-state index < -0.39 is 0 Å². The molecule has 126 valence electrons. The van der Waals surface area contributed by atoms with E-state index in [0.717, 1.165) is 12.8 Å². The van der Waals surface area contributed by atoms with Gasteiger partial charge in [-0.1, -0.05) is 35.9 Å². The van der Waals surface area contributed by atoms with Gasteiger partial charge in [0.1, 0.15) is 5.82 Å². The monoisotopic (exact) mass is 347 g/mol. The Bertz CT molecular complexity index is 716. The Morgan fingerprint density at radius 1 is 1.25 bits per heavy atom. The maximum atomic E-state index is 14.0. The smallest absolute Gasteiger partial charge is 0.254 e. The summed E-state index contributed by atoms with van der Waals surface area (Å²) in [6.45, 7) is 1.36. The minimum absolute atomic E-state index is 0.0000855. The van der Waals surface area contributed by atoms with Crippen molar-refractivity contribution in [1.29, 1.82) is 0 Å². The third-order valence-electron chi connectivity index (χ3n) is 4.13. The first kappa shape index (κ1) is 16.9.